The van der Waals surface area contributed by atoms with Gasteiger partial charge in [-0.05, 0) is 30.8 Å². The topological polar surface area (TPSA) is 32.8 Å². The van der Waals surface area contributed by atoms with Crippen LogP contribution in [0.2, 0.25) is 0 Å². The van der Waals surface area contributed by atoms with Gasteiger partial charge in [-0.1, -0.05) is 0 Å². The van der Waals surface area contributed by atoms with Crippen LogP contribution < -0.4 is 0 Å². The first-order valence-corrected chi connectivity index (χ1v) is 7.00. The van der Waals surface area contributed by atoms with Crippen molar-refractivity contribution in [1.29, 1.82) is 0 Å². The lowest BCUT2D eigenvalue weighted by atomic mass is 10.0. The van der Waals surface area contributed by atoms with Crippen molar-refractivity contribution in [2.45, 2.75) is 12.7 Å². The fraction of sp³-hybridized carbons (Fsp3) is 0.533. The average Bonchev–Trinajstić information content (AvgIpc) is 2.47. The van der Waals surface area contributed by atoms with Crippen LogP contribution in [-0.4, -0.2) is 56.1 Å². The van der Waals surface area contributed by atoms with Crippen molar-refractivity contribution in [3.63, 3.8) is 0 Å². The van der Waals surface area contributed by atoms with Gasteiger partial charge in [-0.15, -0.1) is 0 Å². The number of ether oxygens (including phenoxy) is 1. The molecule has 0 saturated carbocycles. The predicted molar refractivity (Wildman–Crippen MR) is 75.6 cm³/mol. The number of rotatable bonds is 3. The van der Waals surface area contributed by atoms with Gasteiger partial charge in [-0.25, -0.2) is 4.79 Å². The van der Waals surface area contributed by atoms with Gasteiger partial charge in [0.15, 0.2) is 0 Å². The fourth-order valence-electron chi connectivity index (χ4n) is 2.45. The highest BCUT2D eigenvalue weighted by Crippen LogP contribution is 2.31. The number of carbonyl (C=O) groups excluding carboxylic acids is 1. The van der Waals surface area contributed by atoms with Gasteiger partial charge in [0, 0.05) is 32.7 Å². The Kier molecular flexibility index (Phi) is 5.08. The number of hydrogen-bond acceptors (Lipinski definition) is 4. The molecule has 1 aliphatic heterocycles. The summed E-state index contributed by atoms with van der Waals surface area (Å²) in [6.45, 7) is 3.73. The van der Waals surface area contributed by atoms with Crippen LogP contribution >= 0.6 is 0 Å². The van der Waals surface area contributed by atoms with Crippen LogP contribution in [0.4, 0.5) is 13.2 Å². The van der Waals surface area contributed by atoms with Gasteiger partial charge in [-0.2, -0.15) is 13.2 Å². The average molecular weight is 316 g/mol. The van der Waals surface area contributed by atoms with Crippen LogP contribution in [0.1, 0.15) is 21.5 Å². The Morgan fingerprint density at radius 3 is 2.36 bits per heavy atom. The summed E-state index contributed by atoms with van der Waals surface area (Å²) in [6.07, 6.45) is -4.49. The second kappa shape index (κ2) is 6.66. The number of hydrogen-bond donors (Lipinski definition) is 0. The van der Waals surface area contributed by atoms with Crippen LogP contribution in [0.3, 0.4) is 0 Å². The molecular weight excluding hydrogens is 297 g/mol. The van der Waals surface area contributed by atoms with Gasteiger partial charge in [0.2, 0.25) is 0 Å². The third-order valence-electron chi connectivity index (χ3n) is 3.74. The lowest BCUT2D eigenvalue weighted by Crippen LogP contribution is -2.43. The van der Waals surface area contributed by atoms with Crippen molar-refractivity contribution >= 4 is 5.97 Å². The highest BCUT2D eigenvalue weighted by atomic mass is 19.4. The number of methoxy groups -OCH3 is 1. The predicted octanol–water partition coefficient (Wildman–Crippen LogP) is 2.24. The zero-order chi connectivity index (χ0) is 16.3. The molecule has 2 rings (SSSR count). The quantitative estimate of drug-likeness (QED) is 0.801. The Hall–Kier alpha value is -1.60. The molecule has 0 amide bonds. The molecule has 22 heavy (non-hydrogen) atoms. The Morgan fingerprint density at radius 1 is 1.18 bits per heavy atom. The molecular formula is C15H19F3N2O2. The first-order valence-electron chi connectivity index (χ1n) is 7.00. The molecule has 7 heteroatoms. The number of esters is 1. The standard InChI is InChI=1S/C15H19F3N2O2/c1-19-3-5-20(6-4-19)10-11-7-12(14(21)22-2)9-13(8-11)15(16,17)18/h7-9H,3-6,10H2,1-2H3. The van der Waals surface area contributed by atoms with E-state index in [4.69, 9.17) is 0 Å². The minimum atomic E-state index is -4.49. The largest absolute Gasteiger partial charge is 0.465 e. The normalized spacial score (nSPS) is 17.5. The van der Waals surface area contributed by atoms with Crippen LogP contribution in [0.25, 0.3) is 0 Å². The molecule has 1 aromatic rings. The second-order valence-electron chi connectivity index (χ2n) is 5.49. The summed E-state index contributed by atoms with van der Waals surface area (Å²) < 4.78 is 43.5. The molecule has 122 valence electrons. The van der Waals surface area contributed by atoms with Crippen molar-refractivity contribution in [1.82, 2.24) is 9.80 Å². The van der Waals surface area contributed by atoms with E-state index in [2.05, 4.69) is 14.5 Å². The molecule has 0 radical (unpaired) electrons. The number of halogens is 3. The van der Waals surface area contributed by atoms with Crippen LogP contribution in [0.5, 0.6) is 0 Å². The number of carbonyl (C=O) groups is 1. The maximum atomic E-state index is 13.0. The molecule has 0 aliphatic carbocycles. The molecule has 1 heterocycles. The number of benzene rings is 1. The van der Waals surface area contributed by atoms with Crippen LogP contribution in [-0.2, 0) is 17.5 Å². The number of alkyl halides is 3. The molecule has 0 aromatic heterocycles. The van der Waals surface area contributed by atoms with Gasteiger partial charge in [-0.3, -0.25) is 4.90 Å². The third-order valence-corrected chi connectivity index (χ3v) is 3.74. The lowest BCUT2D eigenvalue weighted by Gasteiger charge is -2.32. The summed E-state index contributed by atoms with van der Waals surface area (Å²) in [5.41, 5.74) is -0.416. The van der Waals surface area contributed by atoms with Crippen molar-refractivity contribution in [3.8, 4) is 0 Å². The summed E-state index contributed by atoms with van der Waals surface area (Å²) in [7, 11) is 3.17. The van der Waals surface area contributed by atoms with E-state index in [0.717, 1.165) is 45.4 Å². The van der Waals surface area contributed by atoms with Gasteiger partial charge in [0.1, 0.15) is 0 Å². The Labute approximate surface area is 127 Å². The summed E-state index contributed by atoms with van der Waals surface area (Å²) in [5, 5.41) is 0. The SMILES string of the molecule is COC(=O)c1cc(CN2CCN(C)CC2)cc(C(F)(F)F)c1. The molecule has 0 atom stereocenters. The van der Waals surface area contributed by atoms with E-state index >= 15 is 0 Å². The monoisotopic (exact) mass is 316 g/mol. The summed E-state index contributed by atoms with van der Waals surface area (Å²) in [4.78, 5) is 15.8. The second-order valence-corrected chi connectivity index (χ2v) is 5.49. The van der Waals surface area contributed by atoms with E-state index in [1.165, 1.54) is 6.07 Å². The van der Waals surface area contributed by atoms with E-state index in [9.17, 15) is 18.0 Å². The molecule has 0 unspecified atom stereocenters. The summed E-state index contributed by atoms with van der Waals surface area (Å²) in [6, 6.07) is 3.41. The van der Waals surface area contributed by atoms with E-state index in [-0.39, 0.29) is 5.56 Å². The number of nitrogens with zero attached hydrogens (tertiary/aromatic N) is 2. The van der Waals surface area contributed by atoms with Gasteiger partial charge < -0.3 is 9.64 Å². The molecule has 1 fully saturated rings. The summed E-state index contributed by atoms with van der Waals surface area (Å²) in [5.74, 6) is -0.759. The first kappa shape index (κ1) is 16.8. The van der Waals surface area contributed by atoms with Crippen molar-refractivity contribution in [3.05, 3.63) is 34.9 Å². The lowest BCUT2D eigenvalue weighted by molar-refractivity contribution is -0.137. The minimum absolute atomic E-state index is 0.0681. The molecule has 0 bridgehead atoms. The van der Waals surface area contributed by atoms with E-state index < -0.39 is 17.7 Å². The zero-order valence-corrected chi connectivity index (χ0v) is 12.6. The van der Waals surface area contributed by atoms with E-state index in [1.54, 1.807) is 0 Å². The molecule has 0 N–H and O–H groups in total. The Morgan fingerprint density at radius 2 is 1.82 bits per heavy atom. The van der Waals surface area contributed by atoms with Crippen LogP contribution in [0.15, 0.2) is 18.2 Å². The maximum Gasteiger partial charge on any atom is 0.416 e. The van der Waals surface area contributed by atoms with Crippen LogP contribution in [0, 0.1) is 0 Å². The van der Waals surface area contributed by atoms with Crippen molar-refractivity contribution < 1.29 is 22.7 Å². The summed E-state index contributed by atoms with van der Waals surface area (Å²) >= 11 is 0. The van der Waals surface area contributed by atoms with Gasteiger partial charge in [0.05, 0.1) is 18.2 Å². The van der Waals surface area contributed by atoms with E-state index in [1.807, 2.05) is 7.05 Å². The van der Waals surface area contributed by atoms with Crippen molar-refractivity contribution in [2.75, 3.05) is 40.3 Å². The third kappa shape index (κ3) is 4.20. The van der Waals surface area contributed by atoms with Crippen molar-refractivity contribution in [2.24, 2.45) is 0 Å². The highest BCUT2D eigenvalue weighted by molar-refractivity contribution is 5.89. The van der Waals surface area contributed by atoms with Gasteiger partial charge >= 0.3 is 12.1 Å². The fourth-order valence-corrected chi connectivity index (χ4v) is 2.45. The Balaban J connectivity index is 2.24. The molecule has 1 aromatic carbocycles. The molecule has 4 nitrogen and oxygen atoms in total. The number of likely N-dealkylation sites (N-methyl/N-ethyl adjacent to an activating group) is 1. The minimum Gasteiger partial charge on any atom is -0.465 e. The molecule has 1 saturated heterocycles. The smallest absolute Gasteiger partial charge is 0.416 e. The molecule has 0 spiro atoms. The zero-order valence-electron chi connectivity index (χ0n) is 12.6. The highest BCUT2D eigenvalue weighted by Gasteiger charge is 2.32. The van der Waals surface area contributed by atoms with Gasteiger partial charge in [0.25, 0.3) is 0 Å². The molecule has 1 aliphatic rings. The first-order chi connectivity index (χ1) is 10.3. The number of piperazine rings is 1. The maximum absolute atomic E-state index is 13.0. The van der Waals surface area contributed by atoms with E-state index in [0.29, 0.717) is 12.1 Å². The Bertz CT molecular complexity index is 538.